The van der Waals surface area contributed by atoms with Crippen molar-refractivity contribution in [1.82, 2.24) is 4.90 Å². The molecule has 132 valence electrons. The van der Waals surface area contributed by atoms with Crippen LogP contribution >= 0.6 is 0 Å². The summed E-state index contributed by atoms with van der Waals surface area (Å²) < 4.78 is 24.4. The van der Waals surface area contributed by atoms with Crippen LogP contribution in [0.1, 0.15) is 24.8 Å². The van der Waals surface area contributed by atoms with E-state index in [9.17, 15) is 9.18 Å². The minimum Gasteiger partial charge on any atom is -0.490 e. The van der Waals surface area contributed by atoms with Gasteiger partial charge in [-0.3, -0.25) is 0 Å². The Kier molecular flexibility index (Phi) is 5.53. The number of ether oxygens (including phenoxy) is 2. The van der Waals surface area contributed by atoms with Gasteiger partial charge in [0.05, 0.1) is 6.61 Å². The molecule has 3 rings (SSSR count). The zero-order chi connectivity index (χ0) is 17.6. The first-order valence-corrected chi connectivity index (χ1v) is 8.56. The smallest absolute Gasteiger partial charge is 0.409 e. The minimum atomic E-state index is -0.288. The number of hydrogen-bond acceptors (Lipinski definition) is 3. The maximum absolute atomic E-state index is 13.1. The summed E-state index contributed by atoms with van der Waals surface area (Å²) in [4.78, 5) is 13.8. The Labute approximate surface area is 147 Å². The number of likely N-dealkylation sites (tertiary alicyclic amines) is 1. The number of rotatable bonds is 4. The molecule has 0 saturated carbocycles. The molecular weight excluding hydrogens is 321 g/mol. The number of amides is 1. The summed E-state index contributed by atoms with van der Waals surface area (Å²) in [6.45, 7) is 3.28. The Morgan fingerprint density at radius 1 is 1.16 bits per heavy atom. The molecule has 0 N–H and O–H groups in total. The zero-order valence-corrected chi connectivity index (χ0v) is 14.2. The molecule has 4 nitrogen and oxygen atoms in total. The van der Waals surface area contributed by atoms with Crippen molar-refractivity contribution in [3.63, 3.8) is 0 Å². The van der Waals surface area contributed by atoms with Crippen LogP contribution in [-0.2, 0) is 4.74 Å². The fraction of sp³-hybridized carbons (Fsp3) is 0.350. The van der Waals surface area contributed by atoms with Gasteiger partial charge in [0.1, 0.15) is 17.7 Å². The number of carbonyl (C=O) groups excluding carboxylic acids is 1. The van der Waals surface area contributed by atoms with E-state index in [0.717, 1.165) is 5.56 Å². The van der Waals surface area contributed by atoms with E-state index >= 15 is 0 Å². The van der Waals surface area contributed by atoms with Gasteiger partial charge in [-0.15, -0.1) is 0 Å². The molecule has 0 aliphatic carbocycles. The quantitative estimate of drug-likeness (QED) is 0.834. The molecule has 25 heavy (non-hydrogen) atoms. The summed E-state index contributed by atoms with van der Waals surface area (Å²) in [5.41, 5.74) is 1.11. The lowest BCUT2D eigenvalue weighted by atomic mass is 9.88. The van der Waals surface area contributed by atoms with Gasteiger partial charge in [0.15, 0.2) is 0 Å². The highest BCUT2D eigenvalue weighted by Gasteiger charge is 2.34. The normalized spacial score (nSPS) is 20.2. The number of hydrogen-bond donors (Lipinski definition) is 0. The average Bonchev–Trinajstić information content (AvgIpc) is 2.65. The van der Waals surface area contributed by atoms with Crippen molar-refractivity contribution in [2.24, 2.45) is 0 Å². The third kappa shape index (κ3) is 4.29. The SMILES string of the molecule is CCOC(=O)N1CC[C@H](Oc2ccc(F)cc2)[C@@H](c2ccccc2)C1. The Hall–Kier alpha value is -2.56. The molecule has 1 aliphatic heterocycles. The first-order valence-electron chi connectivity index (χ1n) is 8.56. The molecule has 0 spiro atoms. The topological polar surface area (TPSA) is 38.8 Å². The number of halogens is 1. The van der Waals surface area contributed by atoms with E-state index < -0.39 is 0 Å². The minimum absolute atomic E-state index is 0.0319. The van der Waals surface area contributed by atoms with Gasteiger partial charge in [0, 0.05) is 25.4 Å². The standard InChI is InChI=1S/C20H22FNO3/c1-2-24-20(23)22-13-12-19(25-17-10-8-16(21)9-11-17)18(14-22)15-6-4-3-5-7-15/h3-11,18-19H,2,12-14H2,1H3/t18-,19+/m1/s1. The van der Waals surface area contributed by atoms with Gasteiger partial charge < -0.3 is 14.4 Å². The maximum atomic E-state index is 13.1. The van der Waals surface area contributed by atoms with E-state index in [1.54, 1.807) is 24.0 Å². The molecule has 1 fully saturated rings. The number of carbonyl (C=O) groups is 1. The third-order valence-corrected chi connectivity index (χ3v) is 4.40. The number of piperidine rings is 1. The predicted molar refractivity (Wildman–Crippen MR) is 93.2 cm³/mol. The van der Waals surface area contributed by atoms with Gasteiger partial charge in [-0.25, -0.2) is 9.18 Å². The van der Waals surface area contributed by atoms with Crippen LogP contribution in [0.15, 0.2) is 54.6 Å². The van der Waals surface area contributed by atoms with Crippen molar-refractivity contribution in [2.45, 2.75) is 25.4 Å². The van der Waals surface area contributed by atoms with Gasteiger partial charge in [0.2, 0.25) is 0 Å². The summed E-state index contributed by atoms with van der Waals surface area (Å²) in [6.07, 6.45) is 0.317. The van der Waals surface area contributed by atoms with Crippen LogP contribution in [0, 0.1) is 5.82 Å². The summed E-state index contributed by atoms with van der Waals surface area (Å²) >= 11 is 0. The molecule has 1 heterocycles. The predicted octanol–water partition coefficient (Wildman–Crippen LogP) is 4.22. The van der Waals surface area contributed by atoms with Crippen LogP contribution in [0.4, 0.5) is 9.18 Å². The van der Waals surface area contributed by atoms with Crippen molar-refractivity contribution < 1.29 is 18.7 Å². The van der Waals surface area contributed by atoms with Crippen LogP contribution in [-0.4, -0.2) is 36.8 Å². The molecule has 0 bridgehead atoms. The fourth-order valence-electron chi connectivity index (χ4n) is 3.16. The number of benzene rings is 2. The van der Waals surface area contributed by atoms with Crippen molar-refractivity contribution in [2.75, 3.05) is 19.7 Å². The molecule has 0 aromatic heterocycles. The third-order valence-electron chi connectivity index (χ3n) is 4.40. The molecule has 2 aromatic rings. The molecule has 5 heteroatoms. The second kappa shape index (κ2) is 8.01. The van der Waals surface area contributed by atoms with E-state index in [0.29, 0.717) is 31.9 Å². The van der Waals surface area contributed by atoms with Crippen molar-refractivity contribution in [3.8, 4) is 5.75 Å². The van der Waals surface area contributed by atoms with Crippen LogP contribution in [0.5, 0.6) is 5.75 Å². The molecule has 0 unspecified atom stereocenters. The lowest BCUT2D eigenvalue weighted by molar-refractivity contribution is 0.0573. The maximum Gasteiger partial charge on any atom is 0.409 e. The summed E-state index contributed by atoms with van der Waals surface area (Å²) in [5, 5.41) is 0. The summed E-state index contributed by atoms with van der Waals surface area (Å²) in [7, 11) is 0. The van der Waals surface area contributed by atoms with Gasteiger partial charge in [0.25, 0.3) is 0 Å². The van der Waals surface area contributed by atoms with Crippen molar-refractivity contribution in [1.29, 1.82) is 0 Å². The number of nitrogens with zero attached hydrogens (tertiary/aromatic N) is 1. The Balaban J connectivity index is 1.79. The molecule has 1 aliphatic rings. The Morgan fingerprint density at radius 2 is 1.88 bits per heavy atom. The second-order valence-electron chi connectivity index (χ2n) is 6.06. The Bertz CT molecular complexity index is 690. The van der Waals surface area contributed by atoms with Gasteiger partial charge in [-0.2, -0.15) is 0 Å². The second-order valence-corrected chi connectivity index (χ2v) is 6.06. The zero-order valence-electron chi connectivity index (χ0n) is 14.2. The fourth-order valence-corrected chi connectivity index (χ4v) is 3.16. The summed E-state index contributed by atoms with van der Waals surface area (Å²) in [6, 6.07) is 16.1. The first-order chi connectivity index (χ1) is 12.2. The molecule has 2 aromatic carbocycles. The first kappa shape index (κ1) is 17.3. The van der Waals surface area contributed by atoms with E-state index in [4.69, 9.17) is 9.47 Å². The van der Waals surface area contributed by atoms with Crippen molar-refractivity contribution >= 4 is 6.09 Å². The van der Waals surface area contributed by atoms with Crippen LogP contribution < -0.4 is 4.74 Å². The highest BCUT2D eigenvalue weighted by atomic mass is 19.1. The lowest BCUT2D eigenvalue weighted by Gasteiger charge is -2.38. The monoisotopic (exact) mass is 343 g/mol. The summed E-state index contributed by atoms with van der Waals surface area (Å²) in [5.74, 6) is 0.380. The van der Waals surface area contributed by atoms with Crippen LogP contribution in [0.3, 0.4) is 0 Å². The van der Waals surface area contributed by atoms with Crippen LogP contribution in [0.25, 0.3) is 0 Å². The van der Waals surface area contributed by atoms with E-state index in [-0.39, 0.29) is 23.9 Å². The largest absolute Gasteiger partial charge is 0.490 e. The van der Waals surface area contributed by atoms with Gasteiger partial charge >= 0.3 is 6.09 Å². The molecule has 1 amide bonds. The lowest BCUT2D eigenvalue weighted by Crippen LogP contribution is -2.47. The van der Waals surface area contributed by atoms with Gasteiger partial charge in [-0.05, 0) is 36.8 Å². The molecular formula is C20H22FNO3. The van der Waals surface area contributed by atoms with E-state index in [1.165, 1.54) is 12.1 Å². The molecule has 2 atom stereocenters. The van der Waals surface area contributed by atoms with Gasteiger partial charge in [-0.1, -0.05) is 30.3 Å². The van der Waals surface area contributed by atoms with E-state index in [1.807, 2.05) is 30.3 Å². The average molecular weight is 343 g/mol. The highest BCUT2D eigenvalue weighted by molar-refractivity contribution is 5.67. The van der Waals surface area contributed by atoms with Crippen molar-refractivity contribution in [3.05, 3.63) is 66.0 Å². The van der Waals surface area contributed by atoms with E-state index in [2.05, 4.69) is 0 Å². The van der Waals surface area contributed by atoms with Crippen LogP contribution in [0.2, 0.25) is 0 Å². The molecule has 1 saturated heterocycles. The highest BCUT2D eigenvalue weighted by Crippen LogP contribution is 2.31. The molecule has 0 radical (unpaired) electrons. The Morgan fingerprint density at radius 3 is 2.56 bits per heavy atom.